The number of benzene rings is 1. The number of esters is 1. The van der Waals surface area contributed by atoms with Crippen LogP contribution in [0.3, 0.4) is 0 Å². The lowest BCUT2D eigenvalue weighted by Crippen LogP contribution is -2.43. The summed E-state index contributed by atoms with van der Waals surface area (Å²) in [7, 11) is 1.17. The van der Waals surface area contributed by atoms with Crippen LogP contribution >= 0.6 is 0 Å². The topological polar surface area (TPSA) is 102 Å². The molecule has 0 unspecified atom stereocenters. The Morgan fingerprint density at radius 3 is 2.58 bits per heavy atom. The van der Waals surface area contributed by atoms with E-state index in [1.165, 1.54) is 19.2 Å². The number of piperidine rings is 1. The zero-order chi connectivity index (χ0) is 17.7. The van der Waals surface area contributed by atoms with E-state index in [0.717, 1.165) is 6.07 Å². The third-order valence-corrected chi connectivity index (χ3v) is 4.07. The molecule has 0 aromatic heterocycles. The van der Waals surface area contributed by atoms with E-state index in [4.69, 9.17) is 5.73 Å². The predicted molar refractivity (Wildman–Crippen MR) is 84.7 cm³/mol. The number of methoxy groups -OCH3 is 1. The van der Waals surface area contributed by atoms with Gasteiger partial charge < -0.3 is 20.7 Å². The Morgan fingerprint density at radius 1 is 1.33 bits per heavy atom. The van der Waals surface area contributed by atoms with Gasteiger partial charge in [-0.2, -0.15) is 0 Å². The summed E-state index contributed by atoms with van der Waals surface area (Å²) in [5, 5.41) is 2.86. The van der Waals surface area contributed by atoms with E-state index in [0.29, 0.717) is 31.6 Å². The fourth-order valence-corrected chi connectivity index (χ4v) is 2.60. The Balaban J connectivity index is 1.90. The molecule has 2 rings (SSSR count). The van der Waals surface area contributed by atoms with Gasteiger partial charge >= 0.3 is 5.97 Å². The first kappa shape index (κ1) is 17.7. The number of halogens is 1. The van der Waals surface area contributed by atoms with Crippen LogP contribution in [-0.4, -0.2) is 49.4 Å². The van der Waals surface area contributed by atoms with Crippen LogP contribution in [0.4, 0.5) is 10.1 Å². The molecule has 24 heavy (non-hydrogen) atoms. The second-order valence-corrected chi connectivity index (χ2v) is 5.60. The van der Waals surface area contributed by atoms with Crippen molar-refractivity contribution in [3.05, 3.63) is 29.6 Å². The highest BCUT2D eigenvalue weighted by Gasteiger charge is 2.25. The molecule has 0 spiro atoms. The van der Waals surface area contributed by atoms with Crippen LogP contribution in [0.15, 0.2) is 18.2 Å². The molecule has 0 atom stereocenters. The number of carbonyl (C=O) groups is 3. The molecule has 130 valence electrons. The summed E-state index contributed by atoms with van der Waals surface area (Å²) in [5.41, 5.74) is 5.51. The number of nitrogens with zero attached hydrogens (tertiary/aromatic N) is 1. The Bertz CT molecular complexity index is 642. The van der Waals surface area contributed by atoms with Crippen molar-refractivity contribution >= 4 is 23.5 Å². The molecule has 1 aliphatic rings. The number of likely N-dealkylation sites (tertiary alicyclic amines) is 1. The fraction of sp³-hybridized carbons (Fsp3) is 0.438. The van der Waals surface area contributed by atoms with Gasteiger partial charge in [-0.1, -0.05) is 0 Å². The summed E-state index contributed by atoms with van der Waals surface area (Å²) in [6.07, 6.45) is 1.12. The second kappa shape index (κ2) is 7.76. The summed E-state index contributed by atoms with van der Waals surface area (Å²) >= 11 is 0. The van der Waals surface area contributed by atoms with Crippen LogP contribution in [-0.2, 0) is 14.3 Å². The van der Waals surface area contributed by atoms with Gasteiger partial charge in [-0.05, 0) is 31.0 Å². The Hall–Kier alpha value is -2.64. The van der Waals surface area contributed by atoms with Gasteiger partial charge in [0.25, 0.3) is 0 Å². The van der Waals surface area contributed by atoms with Gasteiger partial charge in [0.05, 0.1) is 19.2 Å². The quantitative estimate of drug-likeness (QED) is 0.772. The first-order valence-corrected chi connectivity index (χ1v) is 7.61. The third kappa shape index (κ3) is 4.21. The van der Waals surface area contributed by atoms with Crippen molar-refractivity contribution in [2.45, 2.75) is 12.8 Å². The molecule has 8 heteroatoms. The zero-order valence-corrected chi connectivity index (χ0v) is 13.4. The third-order valence-electron chi connectivity index (χ3n) is 4.07. The minimum absolute atomic E-state index is 0.00742. The van der Waals surface area contributed by atoms with Crippen molar-refractivity contribution in [2.24, 2.45) is 11.7 Å². The molecule has 1 heterocycles. The Morgan fingerprint density at radius 2 is 2.00 bits per heavy atom. The average molecular weight is 337 g/mol. The van der Waals surface area contributed by atoms with Crippen LogP contribution < -0.4 is 11.1 Å². The molecule has 7 nitrogen and oxygen atoms in total. The molecule has 1 aliphatic heterocycles. The minimum atomic E-state index is -0.781. The fourth-order valence-electron chi connectivity index (χ4n) is 2.60. The van der Waals surface area contributed by atoms with Gasteiger partial charge in [0.1, 0.15) is 5.82 Å². The van der Waals surface area contributed by atoms with Crippen LogP contribution in [0.1, 0.15) is 23.2 Å². The van der Waals surface area contributed by atoms with E-state index in [1.807, 2.05) is 0 Å². The monoisotopic (exact) mass is 337 g/mol. The van der Waals surface area contributed by atoms with Crippen LogP contribution in [0, 0.1) is 11.7 Å². The zero-order valence-electron chi connectivity index (χ0n) is 13.4. The lowest BCUT2D eigenvalue weighted by molar-refractivity contribution is -0.133. The predicted octanol–water partition coefficient (Wildman–Crippen LogP) is 0.748. The van der Waals surface area contributed by atoms with Crippen molar-refractivity contribution < 1.29 is 23.5 Å². The van der Waals surface area contributed by atoms with Gasteiger partial charge in [-0.25, -0.2) is 9.18 Å². The first-order chi connectivity index (χ1) is 11.4. The van der Waals surface area contributed by atoms with Crippen molar-refractivity contribution in [1.29, 1.82) is 0 Å². The largest absolute Gasteiger partial charge is 0.465 e. The van der Waals surface area contributed by atoms with Crippen molar-refractivity contribution in [1.82, 2.24) is 4.90 Å². The Labute approximate surface area is 138 Å². The minimum Gasteiger partial charge on any atom is -0.465 e. The van der Waals surface area contributed by atoms with Gasteiger partial charge in [-0.3, -0.25) is 9.59 Å². The first-order valence-electron chi connectivity index (χ1n) is 7.61. The average Bonchev–Trinajstić information content (AvgIpc) is 2.60. The van der Waals surface area contributed by atoms with Crippen LogP contribution in [0.5, 0.6) is 0 Å². The SMILES string of the molecule is COC(=O)c1cc(NCC(=O)N2CCC(C(N)=O)CC2)ccc1F. The molecule has 1 fully saturated rings. The van der Waals surface area contributed by atoms with E-state index < -0.39 is 11.8 Å². The van der Waals surface area contributed by atoms with Gasteiger partial charge in [0, 0.05) is 24.7 Å². The smallest absolute Gasteiger partial charge is 0.340 e. The van der Waals surface area contributed by atoms with Gasteiger partial charge in [0.15, 0.2) is 0 Å². The number of hydrogen-bond donors (Lipinski definition) is 2. The lowest BCUT2D eigenvalue weighted by atomic mass is 9.96. The van der Waals surface area contributed by atoms with Crippen molar-refractivity contribution in [2.75, 3.05) is 32.1 Å². The van der Waals surface area contributed by atoms with E-state index in [9.17, 15) is 18.8 Å². The summed E-state index contributed by atoms with van der Waals surface area (Å²) in [5.74, 6) is -2.12. The van der Waals surface area contributed by atoms with Gasteiger partial charge in [0.2, 0.25) is 11.8 Å². The van der Waals surface area contributed by atoms with E-state index in [1.54, 1.807) is 4.90 Å². The lowest BCUT2D eigenvalue weighted by Gasteiger charge is -2.30. The van der Waals surface area contributed by atoms with Crippen molar-refractivity contribution in [3.8, 4) is 0 Å². The molecule has 0 aliphatic carbocycles. The van der Waals surface area contributed by atoms with Crippen LogP contribution in [0.2, 0.25) is 0 Å². The summed E-state index contributed by atoms with van der Waals surface area (Å²) in [6, 6.07) is 3.87. The normalized spacial score (nSPS) is 15.0. The highest BCUT2D eigenvalue weighted by Crippen LogP contribution is 2.18. The number of amides is 2. The molecular weight excluding hydrogens is 317 g/mol. The number of rotatable bonds is 5. The summed E-state index contributed by atoms with van der Waals surface area (Å²) in [4.78, 5) is 36.4. The molecule has 1 aromatic rings. The number of ether oxygens (including phenoxy) is 1. The number of primary amides is 1. The van der Waals surface area contributed by atoms with E-state index >= 15 is 0 Å². The molecule has 3 N–H and O–H groups in total. The number of nitrogens with two attached hydrogens (primary N) is 1. The maximum atomic E-state index is 13.6. The molecular formula is C16H20FN3O4. The second-order valence-electron chi connectivity index (χ2n) is 5.60. The van der Waals surface area contributed by atoms with E-state index in [2.05, 4.69) is 10.1 Å². The number of anilines is 1. The van der Waals surface area contributed by atoms with E-state index in [-0.39, 0.29) is 29.8 Å². The summed E-state index contributed by atoms with van der Waals surface area (Å²) in [6.45, 7) is 0.962. The molecule has 1 aromatic carbocycles. The highest BCUT2D eigenvalue weighted by atomic mass is 19.1. The number of nitrogens with one attached hydrogen (secondary N) is 1. The van der Waals surface area contributed by atoms with Crippen LogP contribution in [0.25, 0.3) is 0 Å². The molecule has 2 amide bonds. The molecule has 0 bridgehead atoms. The molecule has 0 saturated carbocycles. The number of hydrogen-bond acceptors (Lipinski definition) is 5. The van der Waals surface area contributed by atoms with Gasteiger partial charge in [-0.15, -0.1) is 0 Å². The number of carbonyl (C=O) groups excluding carboxylic acids is 3. The van der Waals surface area contributed by atoms with Crippen molar-refractivity contribution in [3.63, 3.8) is 0 Å². The summed E-state index contributed by atoms with van der Waals surface area (Å²) < 4.78 is 18.1. The highest BCUT2D eigenvalue weighted by molar-refractivity contribution is 5.91. The maximum absolute atomic E-state index is 13.6. The maximum Gasteiger partial charge on any atom is 0.340 e. The molecule has 0 radical (unpaired) electrons. The Kier molecular flexibility index (Phi) is 5.73. The molecule has 1 saturated heterocycles. The standard InChI is InChI=1S/C16H20FN3O4/c1-24-16(23)12-8-11(2-3-13(12)17)19-9-14(21)20-6-4-10(5-7-20)15(18)22/h2-3,8,10,19H,4-7,9H2,1H3,(H2,18,22).